The molecule has 2 nitrogen and oxygen atoms in total. The number of hydrogen-bond donors (Lipinski definition) is 1. The van der Waals surface area contributed by atoms with Crippen LogP contribution in [0, 0.1) is 12.8 Å². The average molecular weight is 205 g/mol. The van der Waals surface area contributed by atoms with Crippen LogP contribution in [0.3, 0.4) is 0 Å². The molecular weight excluding hydrogens is 186 g/mol. The first-order valence-electron chi connectivity index (χ1n) is 5.59. The average Bonchev–Trinajstić information content (AvgIpc) is 2.69. The van der Waals surface area contributed by atoms with E-state index in [0.29, 0.717) is 12.0 Å². The number of hydrogen-bond acceptors (Lipinski definition) is 2. The summed E-state index contributed by atoms with van der Waals surface area (Å²) in [4.78, 5) is 0. The van der Waals surface area contributed by atoms with Gasteiger partial charge in [-0.25, -0.2) is 0 Å². The van der Waals surface area contributed by atoms with E-state index in [1.807, 2.05) is 7.11 Å². The van der Waals surface area contributed by atoms with E-state index in [1.54, 1.807) is 0 Å². The molecule has 1 aliphatic rings. The summed E-state index contributed by atoms with van der Waals surface area (Å²) in [5, 5.41) is 3.39. The molecule has 0 spiro atoms. The number of benzene rings is 1. The van der Waals surface area contributed by atoms with E-state index in [1.165, 1.54) is 11.1 Å². The van der Waals surface area contributed by atoms with Crippen molar-refractivity contribution in [3.05, 3.63) is 35.4 Å². The highest BCUT2D eigenvalue weighted by molar-refractivity contribution is 5.26. The lowest BCUT2D eigenvalue weighted by Gasteiger charge is -2.17. The van der Waals surface area contributed by atoms with Crippen molar-refractivity contribution in [1.29, 1.82) is 0 Å². The first-order valence-corrected chi connectivity index (χ1v) is 5.59. The largest absolute Gasteiger partial charge is 0.380 e. The molecule has 2 unspecified atom stereocenters. The molecular formula is C13H19NO. The Morgan fingerprint density at radius 1 is 1.33 bits per heavy atom. The third kappa shape index (κ3) is 2.39. The molecule has 0 amide bonds. The fourth-order valence-corrected chi connectivity index (χ4v) is 2.31. The van der Waals surface area contributed by atoms with Gasteiger partial charge in [0.2, 0.25) is 0 Å². The van der Waals surface area contributed by atoms with E-state index in [0.717, 1.165) is 19.5 Å². The molecule has 1 fully saturated rings. The lowest BCUT2D eigenvalue weighted by atomic mass is 9.94. The summed E-state index contributed by atoms with van der Waals surface area (Å²) in [5.74, 6) is 0.621. The number of ether oxygens (including phenoxy) is 1. The van der Waals surface area contributed by atoms with Gasteiger partial charge in [0.25, 0.3) is 0 Å². The second-order valence-electron chi connectivity index (χ2n) is 4.32. The van der Waals surface area contributed by atoms with Gasteiger partial charge in [-0.1, -0.05) is 24.3 Å². The van der Waals surface area contributed by atoms with Crippen LogP contribution in [-0.2, 0) is 11.2 Å². The molecule has 0 aliphatic carbocycles. The molecule has 1 aromatic rings. The second-order valence-corrected chi connectivity index (χ2v) is 4.32. The number of methoxy groups -OCH3 is 1. The van der Waals surface area contributed by atoms with Crippen molar-refractivity contribution >= 4 is 0 Å². The van der Waals surface area contributed by atoms with Gasteiger partial charge in [-0.15, -0.1) is 0 Å². The maximum absolute atomic E-state index is 5.47. The summed E-state index contributed by atoms with van der Waals surface area (Å²) < 4.78 is 5.47. The van der Waals surface area contributed by atoms with E-state index >= 15 is 0 Å². The predicted molar refractivity (Wildman–Crippen MR) is 62.0 cm³/mol. The van der Waals surface area contributed by atoms with Gasteiger partial charge in [0.05, 0.1) is 6.10 Å². The normalized spacial score (nSPS) is 25.7. The van der Waals surface area contributed by atoms with Crippen LogP contribution in [0.1, 0.15) is 11.1 Å². The van der Waals surface area contributed by atoms with Crippen LogP contribution in [0.4, 0.5) is 0 Å². The third-order valence-electron chi connectivity index (χ3n) is 3.32. The number of rotatable bonds is 3. The monoisotopic (exact) mass is 205 g/mol. The first kappa shape index (κ1) is 10.7. The summed E-state index contributed by atoms with van der Waals surface area (Å²) in [7, 11) is 1.81. The Balaban J connectivity index is 2.05. The molecule has 2 rings (SSSR count). The van der Waals surface area contributed by atoms with E-state index in [4.69, 9.17) is 4.74 Å². The summed E-state index contributed by atoms with van der Waals surface area (Å²) >= 11 is 0. The zero-order valence-corrected chi connectivity index (χ0v) is 9.49. The van der Waals surface area contributed by atoms with Crippen LogP contribution in [0.5, 0.6) is 0 Å². The minimum atomic E-state index is 0.379. The molecule has 0 aromatic heterocycles. The molecule has 15 heavy (non-hydrogen) atoms. The fourth-order valence-electron chi connectivity index (χ4n) is 2.31. The van der Waals surface area contributed by atoms with Gasteiger partial charge in [0.15, 0.2) is 0 Å². The van der Waals surface area contributed by atoms with Crippen LogP contribution in [0.2, 0.25) is 0 Å². The second kappa shape index (κ2) is 4.77. The van der Waals surface area contributed by atoms with Gasteiger partial charge in [-0.2, -0.15) is 0 Å². The Hall–Kier alpha value is -0.860. The van der Waals surface area contributed by atoms with Crippen LogP contribution in [0.15, 0.2) is 24.3 Å². The lowest BCUT2D eigenvalue weighted by Crippen LogP contribution is -2.22. The van der Waals surface area contributed by atoms with Crippen molar-refractivity contribution in [2.24, 2.45) is 5.92 Å². The highest BCUT2D eigenvalue weighted by atomic mass is 16.5. The summed E-state index contributed by atoms with van der Waals surface area (Å²) in [6.07, 6.45) is 1.50. The van der Waals surface area contributed by atoms with Gasteiger partial charge in [0.1, 0.15) is 0 Å². The summed E-state index contributed by atoms with van der Waals surface area (Å²) in [6, 6.07) is 8.62. The predicted octanol–water partition coefficient (Wildman–Crippen LogP) is 1.77. The van der Waals surface area contributed by atoms with Gasteiger partial charge in [-0.05, 0) is 24.5 Å². The smallest absolute Gasteiger partial charge is 0.0739 e. The van der Waals surface area contributed by atoms with Crippen LogP contribution in [0.25, 0.3) is 0 Å². The Kier molecular flexibility index (Phi) is 3.39. The van der Waals surface area contributed by atoms with Gasteiger partial charge >= 0.3 is 0 Å². The van der Waals surface area contributed by atoms with Crippen molar-refractivity contribution in [2.45, 2.75) is 19.4 Å². The molecule has 1 heterocycles. The molecule has 2 atom stereocenters. The molecule has 0 saturated carbocycles. The van der Waals surface area contributed by atoms with Crippen LogP contribution < -0.4 is 5.32 Å². The maximum atomic E-state index is 5.47. The van der Waals surface area contributed by atoms with Gasteiger partial charge in [-0.3, -0.25) is 0 Å². The fraction of sp³-hybridized carbons (Fsp3) is 0.538. The quantitative estimate of drug-likeness (QED) is 0.812. The van der Waals surface area contributed by atoms with Crippen molar-refractivity contribution < 1.29 is 4.74 Å². The van der Waals surface area contributed by atoms with Crippen LogP contribution >= 0.6 is 0 Å². The Morgan fingerprint density at radius 2 is 2.13 bits per heavy atom. The van der Waals surface area contributed by atoms with E-state index in [-0.39, 0.29) is 0 Å². The zero-order valence-electron chi connectivity index (χ0n) is 9.49. The van der Waals surface area contributed by atoms with Crippen molar-refractivity contribution in [3.8, 4) is 0 Å². The summed E-state index contributed by atoms with van der Waals surface area (Å²) in [5.41, 5.74) is 2.84. The standard InChI is InChI=1S/C13H19NO/c1-10-5-3-4-6-11(10)7-12-8-14-9-13(12)15-2/h3-6,12-14H,7-9H2,1-2H3. The van der Waals surface area contributed by atoms with Gasteiger partial charge < -0.3 is 10.1 Å². The molecule has 1 aromatic carbocycles. The highest BCUT2D eigenvalue weighted by Gasteiger charge is 2.26. The Labute approximate surface area is 91.6 Å². The van der Waals surface area contributed by atoms with E-state index in [9.17, 15) is 0 Å². The summed E-state index contributed by atoms with van der Waals surface area (Å²) in [6.45, 7) is 4.25. The van der Waals surface area contributed by atoms with Crippen molar-refractivity contribution in [2.75, 3.05) is 20.2 Å². The Bertz CT molecular complexity index is 324. The molecule has 1 N–H and O–H groups in total. The topological polar surface area (TPSA) is 21.3 Å². The number of aryl methyl sites for hydroxylation is 1. The first-order chi connectivity index (χ1) is 7.31. The highest BCUT2D eigenvalue weighted by Crippen LogP contribution is 2.19. The molecule has 1 saturated heterocycles. The van der Waals surface area contributed by atoms with Crippen LogP contribution in [-0.4, -0.2) is 26.3 Å². The third-order valence-corrected chi connectivity index (χ3v) is 3.32. The molecule has 1 aliphatic heterocycles. The maximum Gasteiger partial charge on any atom is 0.0739 e. The molecule has 2 heteroatoms. The number of nitrogens with one attached hydrogen (secondary N) is 1. The zero-order chi connectivity index (χ0) is 10.7. The lowest BCUT2D eigenvalue weighted by molar-refractivity contribution is 0.0832. The molecule has 82 valence electrons. The van der Waals surface area contributed by atoms with Gasteiger partial charge in [0, 0.05) is 26.1 Å². The minimum Gasteiger partial charge on any atom is -0.380 e. The van der Waals surface area contributed by atoms with E-state index < -0.39 is 0 Å². The SMILES string of the molecule is COC1CNCC1Cc1ccccc1C. The Morgan fingerprint density at radius 3 is 2.87 bits per heavy atom. The minimum absolute atomic E-state index is 0.379. The van der Waals surface area contributed by atoms with Crippen molar-refractivity contribution in [1.82, 2.24) is 5.32 Å². The van der Waals surface area contributed by atoms with Crippen molar-refractivity contribution in [3.63, 3.8) is 0 Å². The molecule has 0 bridgehead atoms. The molecule has 0 radical (unpaired) electrons. The van der Waals surface area contributed by atoms with E-state index in [2.05, 4.69) is 36.5 Å².